The molecule has 0 fully saturated rings. The predicted molar refractivity (Wildman–Crippen MR) is 105 cm³/mol. The van der Waals surface area contributed by atoms with Gasteiger partial charge in [-0.3, -0.25) is 14.9 Å². The molecule has 0 unspecified atom stereocenters. The highest BCUT2D eigenvalue weighted by Crippen LogP contribution is 2.23. The summed E-state index contributed by atoms with van der Waals surface area (Å²) in [5.41, 5.74) is 3.29. The van der Waals surface area contributed by atoms with Crippen LogP contribution in [0.2, 0.25) is 0 Å². The molecule has 132 valence electrons. The van der Waals surface area contributed by atoms with Crippen LogP contribution < -0.4 is 10.6 Å². The number of carbonyl (C=O) groups excluding carboxylic acids is 2. The molecule has 5 nitrogen and oxygen atoms in total. The molecule has 0 spiro atoms. The van der Waals surface area contributed by atoms with Crippen LogP contribution in [0.25, 0.3) is 0 Å². The van der Waals surface area contributed by atoms with Gasteiger partial charge in [0.25, 0.3) is 11.8 Å². The van der Waals surface area contributed by atoms with Gasteiger partial charge in [0, 0.05) is 10.4 Å². The fourth-order valence-electron chi connectivity index (χ4n) is 2.46. The van der Waals surface area contributed by atoms with Gasteiger partial charge in [0.15, 0.2) is 5.13 Å². The molecule has 0 aliphatic heterocycles. The molecule has 0 aliphatic rings. The first-order valence-corrected chi connectivity index (χ1v) is 8.98. The largest absolute Gasteiger partial charge is 0.321 e. The molecule has 0 atom stereocenters. The summed E-state index contributed by atoms with van der Waals surface area (Å²) in [7, 11) is 0. The SMILES string of the molecule is Cc1cccc(C(=O)Nc2ccccc2C(=O)Nc2nc(C)c(C)s2)c1. The molecule has 26 heavy (non-hydrogen) atoms. The minimum Gasteiger partial charge on any atom is -0.321 e. The summed E-state index contributed by atoms with van der Waals surface area (Å²) < 4.78 is 0. The Hall–Kier alpha value is -2.99. The van der Waals surface area contributed by atoms with Crippen LogP contribution in [-0.4, -0.2) is 16.8 Å². The number of nitrogens with zero attached hydrogens (tertiary/aromatic N) is 1. The smallest absolute Gasteiger partial charge is 0.259 e. The van der Waals surface area contributed by atoms with E-state index in [0.29, 0.717) is 21.9 Å². The summed E-state index contributed by atoms with van der Waals surface area (Å²) in [5, 5.41) is 6.17. The average molecular weight is 365 g/mol. The number of benzene rings is 2. The number of para-hydroxylation sites is 1. The van der Waals surface area contributed by atoms with Crippen LogP contribution in [0.5, 0.6) is 0 Å². The summed E-state index contributed by atoms with van der Waals surface area (Å²) in [5.74, 6) is -0.561. The van der Waals surface area contributed by atoms with Crippen LogP contribution in [0.4, 0.5) is 10.8 Å². The van der Waals surface area contributed by atoms with Gasteiger partial charge in [0.2, 0.25) is 0 Å². The first-order valence-electron chi connectivity index (χ1n) is 8.16. The van der Waals surface area contributed by atoms with Crippen molar-refractivity contribution in [1.82, 2.24) is 4.98 Å². The first kappa shape index (κ1) is 17.8. The number of carbonyl (C=O) groups is 2. The van der Waals surface area contributed by atoms with Crippen LogP contribution in [0.3, 0.4) is 0 Å². The first-order chi connectivity index (χ1) is 12.4. The number of thiazole rings is 1. The van der Waals surface area contributed by atoms with Gasteiger partial charge < -0.3 is 5.32 Å². The summed E-state index contributed by atoms with van der Waals surface area (Å²) in [6, 6.07) is 14.2. The predicted octanol–water partition coefficient (Wildman–Crippen LogP) is 4.57. The van der Waals surface area contributed by atoms with Gasteiger partial charge in [0.1, 0.15) is 0 Å². The lowest BCUT2D eigenvalue weighted by molar-refractivity contribution is 0.102. The van der Waals surface area contributed by atoms with Gasteiger partial charge in [0.05, 0.1) is 16.9 Å². The fraction of sp³-hybridized carbons (Fsp3) is 0.150. The second-order valence-electron chi connectivity index (χ2n) is 5.98. The maximum Gasteiger partial charge on any atom is 0.259 e. The van der Waals surface area contributed by atoms with Crippen LogP contribution in [0.15, 0.2) is 48.5 Å². The van der Waals surface area contributed by atoms with Gasteiger partial charge in [-0.1, -0.05) is 29.8 Å². The van der Waals surface area contributed by atoms with Gasteiger partial charge in [-0.25, -0.2) is 4.98 Å². The molecule has 2 amide bonds. The van der Waals surface area contributed by atoms with Crippen LogP contribution in [-0.2, 0) is 0 Å². The molecule has 0 aliphatic carbocycles. The van der Waals surface area contributed by atoms with E-state index in [1.54, 1.807) is 36.4 Å². The van der Waals surface area contributed by atoms with E-state index in [0.717, 1.165) is 16.1 Å². The third-order valence-electron chi connectivity index (χ3n) is 3.95. The Bertz CT molecular complexity index is 959. The molecule has 0 bridgehead atoms. The zero-order valence-corrected chi connectivity index (χ0v) is 15.6. The lowest BCUT2D eigenvalue weighted by Crippen LogP contribution is -2.18. The standard InChI is InChI=1S/C20H19N3O2S/c1-12-7-6-8-15(11-12)18(24)22-17-10-5-4-9-16(17)19(25)23-20-21-13(2)14(3)26-20/h4-11H,1-3H3,(H,22,24)(H,21,23,25). The minimum absolute atomic E-state index is 0.255. The van der Waals surface area contributed by atoms with E-state index < -0.39 is 0 Å². The van der Waals surface area contributed by atoms with Crippen molar-refractivity contribution in [1.29, 1.82) is 0 Å². The summed E-state index contributed by atoms with van der Waals surface area (Å²) in [4.78, 5) is 30.5. The Morgan fingerprint density at radius 1 is 0.923 bits per heavy atom. The maximum absolute atomic E-state index is 12.6. The molecule has 0 radical (unpaired) electrons. The zero-order chi connectivity index (χ0) is 18.7. The Morgan fingerprint density at radius 2 is 1.69 bits per heavy atom. The Balaban J connectivity index is 1.81. The van der Waals surface area contributed by atoms with Crippen molar-refractivity contribution in [3.05, 3.63) is 75.8 Å². The van der Waals surface area contributed by atoms with E-state index in [9.17, 15) is 9.59 Å². The van der Waals surface area contributed by atoms with E-state index in [-0.39, 0.29) is 11.8 Å². The lowest BCUT2D eigenvalue weighted by atomic mass is 10.1. The molecule has 0 saturated carbocycles. The van der Waals surface area contributed by atoms with Crippen molar-refractivity contribution in [2.24, 2.45) is 0 Å². The fourth-order valence-corrected chi connectivity index (χ4v) is 3.27. The number of anilines is 2. The molecule has 3 aromatic rings. The molecule has 0 saturated heterocycles. The minimum atomic E-state index is -0.307. The monoisotopic (exact) mass is 365 g/mol. The van der Waals surface area contributed by atoms with E-state index >= 15 is 0 Å². The second kappa shape index (κ2) is 7.49. The van der Waals surface area contributed by atoms with E-state index in [4.69, 9.17) is 0 Å². The number of nitrogens with one attached hydrogen (secondary N) is 2. The molecular formula is C20H19N3O2S. The third kappa shape index (κ3) is 3.97. The molecule has 1 heterocycles. The van der Waals surface area contributed by atoms with Gasteiger partial charge in [-0.2, -0.15) is 0 Å². The molecule has 2 aromatic carbocycles. The molecule has 2 N–H and O–H groups in total. The van der Waals surface area contributed by atoms with E-state index in [2.05, 4.69) is 15.6 Å². The lowest BCUT2D eigenvalue weighted by Gasteiger charge is -2.11. The van der Waals surface area contributed by atoms with Gasteiger partial charge in [-0.15, -0.1) is 11.3 Å². The normalized spacial score (nSPS) is 10.4. The van der Waals surface area contributed by atoms with Crippen LogP contribution in [0, 0.1) is 20.8 Å². The van der Waals surface area contributed by atoms with Gasteiger partial charge in [-0.05, 0) is 45.0 Å². The Morgan fingerprint density at radius 3 is 2.38 bits per heavy atom. The van der Waals surface area contributed by atoms with Crippen molar-refractivity contribution in [3.8, 4) is 0 Å². The number of hydrogen-bond donors (Lipinski definition) is 2. The number of amides is 2. The highest BCUT2D eigenvalue weighted by atomic mass is 32.1. The molecule has 3 rings (SSSR count). The molecular weight excluding hydrogens is 346 g/mol. The number of aryl methyl sites for hydroxylation is 3. The van der Waals surface area contributed by atoms with Crippen molar-refractivity contribution < 1.29 is 9.59 Å². The topological polar surface area (TPSA) is 71.1 Å². The zero-order valence-electron chi connectivity index (χ0n) is 14.8. The van der Waals surface area contributed by atoms with Crippen molar-refractivity contribution in [2.75, 3.05) is 10.6 Å². The molecule has 6 heteroatoms. The number of aromatic nitrogens is 1. The summed E-state index contributed by atoms with van der Waals surface area (Å²) >= 11 is 1.43. The van der Waals surface area contributed by atoms with Crippen molar-refractivity contribution in [2.45, 2.75) is 20.8 Å². The summed E-state index contributed by atoms with van der Waals surface area (Å²) in [6.45, 7) is 5.78. The highest BCUT2D eigenvalue weighted by Gasteiger charge is 2.16. The number of rotatable bonds is 4. The highest BCUT2D eigenvalue weighted by molar-refractivity contribution is 7.15. The quantitative estimate of drug-likeness (QED) is 0.711. The van der Waals surface area contributed by atoms with Gasteiger partial charge >= 0.3 is 0 Å². The van der Waals surface area contributed by atoms with Crippen LogP contribution in [0.1, 0.15) is 36.9 Å². The van der Waals surface area contributed by atoms with E-state index in [1.165, 1.54) is 11.3 Å². The number of hydrogen-bond acceptors (Lipinski definition) is 4. The third-order valence-corrected chi connectivity index (χ3v) is 4.94. The van der Waals surface area contributed by atoms with E-state index in [1.807, 2.05) is 32.9 Å². The summed E-state index contributed by atoms with van der Waals surface area (Å²) in [6.07, 6.45) is 0. The molecule has 1 aromatic heterocycles. The Labute approximate surface area is 156 Å². The van der Waals surface area contributed by atoms with Crippen molar-refractivity contribution in [3.63, 3.8) is 0 Å². The van der Waals surface area contributed by atoms with Crippen molar-refractivity contribution >= 4 is 34.0 Å². The average Bonchev–Trinajstić information content (AvgIpc) is 2.92. The maximum atomic E-state index is 12.6. The Kier molecular flexibility index (Phi) is 5.14. The second-order valence-corrected chi connectivity index (χ2v) is 7.19. The van der Waals surface area contributed by atoms with Crippen LogP contribution >= 0.6 is 11.3 Å².